The van der Waals surface area contributed by atoms with Gasteiger partial charge >= 0.3 is 0 Å². The molecule has 1 aromatic carbocycles. The summed E-state index contributed by atoms with van der Waals surface area (Å²) < 4.78 is 31.3. The second-order valence-corrected chi connectivity index (χ2v) is 4.62. The molecule has 0 amide bonds. The summed E-state index contributed by atoms with van der Waals surface area (Å²) in [6.07, 6.45) is 0.475. The second-order valence-electron chi connectivity index (χ2n) is 3.32. The van der Waals surface area contributed by atoms with Crippen molar-refractivity contribution in [3.8, 4) is 0 Å². The molecular weight excluding hydrogens is 254 g/mol. The van der Waals surface area contributed by atoms with Crippen LogP contribution in [-0.4, -0.2) is 11.4 Å². The SMILES string of the molecule is Fc1ccc(C2CC(Br)CO2)c(F)c1. The van der Waals surface area contributed by atoms with Gasteiger partial charge in [-0.25, -0.2) is 8.78 Å². The van der Waals surface area contributed by atoms with Gasteiger partial charge in [-0.3, -0.25) is 0 Å². The molecule has 0 spiro atoms. The number of rotatable bonds is 1. The molecule has 1 heterocycles. The smallest absolute Gasteiger partial charge is 0.131 e. The first-order valence-electron chi connectivity index (χ1n) is 4.37. The molecule has 1 aliphatic heterocycles. The molecule has 1 aliphatic rings. The molecule has 0 aliphatic carbocycles. The molecule has 1 fully saturated rings. The van der Waals surface area contributed by atoms with Gasteiger partial charge in [-0.15, -0.1) is 0 Å². The average molecular weight is 263 g/mol. The van der Waals surface area contributed by atoms with Crippen LogP contribution in [0.4, 0.5) is 8.78 Å². The molecular formula is C10H9BrF2O. The number of hydrogen-bond donors (Lipinski definition) is 0. The summed E-state index contributed by atoms with van der Waals surface area (Å²) in [4.78, 5) is 0.261. The third-order valence-electron chi connectivity index (χ3n) is 2.26. The maximum atomic E-state index is 13.3. The van der Waals surface area contributed by atoms with Crippen LogP contribution in [0.1, 0.15) is 18.1 Å². The highest BCUT2D eigenvalue weighted by Crippen LogP contribution is 2.33. The van der Waals surface area contributed by atoms with Crippen LogP contribution in [0.5, 0.6) is 0 Å². The van der Waals surface area contributed by atoms with E-state index < -0.39 is 11.6 Å². The van der Waals surface area contributed by atoms with Crippen LogP contribution in [0.2, 0.25) is 0 Å². The molecule has 0 saturated carbocycles. The Morgan fingerprint density at radius 3 is 2.71 bits per heavy atom. The fraction of sp³-hybridized carbons (Fsp3) is 0.400. The lowest BCUT2D eigenvalue weighted by Gasteiger charge is -2.10. The minimum Gasteiger partial charge on any atom is -0.372 e. The lowest BCUT2D eigenvalue weighted by atomic mass is 10.1. The van der Waals surface area contributed by atoms with E-state index in [9.17, 15) is 8.78 Å². The highest BCUT2D eigenvalue weighted by Gasteiger charge is 2.26. The fourth-order valence-electron chi connectivity index (χ4n) is 1.57. The van der Waals surface area contributed by atoms with Crippen molar-refractivity contribution in [2.75, 3.05) is 6.61 Å². The Bertz CT molecular complexity index is 343. The largest absolute Gasteiger partial charge is 0.372 e. The quantitative estimate of drug-likeness (QED) is 0.707. The van der Waals surface area contributed by atoms with Crippen LogP contribution < -0.4 is 0 Å². The van der Waals surface area contributed by atoms with Crippen LogP contribution in [0.15, 0.2) is 18.2 Å². The number of benzene rings is 1. The summed E-state index contributed by atoms with van der Waals surface area (Å²) in [5.41, 5.74) is 0.438. The van der Waals surface area contributed by atoms with E-state index in [4.69, 9.17) is 4.74 Å². The van der Waals surface area contributed by atoms with Crippen molar-refractivity contribution in [3.63, 3.8) is 0 Å². The third-order valence-corrected chi connectivity index (χ3v) is 2.90. The van der Waals surface area contributed by atoms with E-state index in [2.05, 4.69) is 15.9 Å². The summed E-state index contributed by atoms with van der Waals surface area (Å²) in [6, 6.07) is 3.59. The van der Waals surface area contributed by atoms with Gasteiger partial charge in [0.15, 0.2) is 0 Å². The van der Waals surface area contributed by atoms with E-state index in [-0.39, 0.29) is 10.9 Å². The molecule has 4 heteroatoms. The maximum absolute atomic E-state index is 13.3. The monoisotopic (exact) mass is 262 g/mol. The Kier molecular flexibility index (Phi) is 2.83. The van der Waals surface area contributed by atoms with Crippen molar-refractivity contribution >= 4 is 15.9 Å². The van der Waals surface area contributed by atoms with E-state index in [1.54, 1.807) is 0 Å². The summed E-state index contributed by atoms with van der Waals surface area (Å²) in [6.45, 7) is 0.571. The summed E-state index contributed by atoms with van der Waals surface area (Å²) >= 11 is 3.39. The molecule has 1 saturated heterocycles. The maximum Gasteiger partial charge on any atom is 0.131 e. The van der Waals surface area contributed by atoms with Crippen molar-refractivity contribution in [1.29, 1.82) is 0 Å². The average Bonchev–Trinajstić information content (AvgIpc) is 2.51. The van der Waals surface area contributed by atoms with E-state index in [1.807, 2.05) is 0 Å². The summed E-state index contributed by atoms with van der Waals surface area (Å²) in [5, 5.41) is 0. The molecule has 14 heavy (non-hydrogen) atoms. The first-order chi connectivity index (χ1) is 6.66. The number of alkyl halides is 1. The lowest BCUT2D eigenvalue weighted by Crippen LogP contribution is -1.99. The van der Waals surface area contributed by atoms with E-state index in [0.29, 0.717) is 12.2 Å². The van der Waals surface area contributed by atoms with Crippen molar-refractivity contribution < 1.29 is 13.5 Å². The van der Waals surface area contributed by atoms with Gasteiger partial charge in [-0.2, -0.15) is 0 Å². The number of hydrogen-bond acceptors (Lipinski definition) is 1. The zero-order chi connectivity index (χ0) is 10.1. The van der Waals surface area contributed by atoms with Crippen molar-refractivity contribution in [1.82, 2.24) is 0 Å². The molecule has 1 nitrogen and oxygen atoms in total. The van der Waals surface area contributed by atoms with E-state index in [1.165, 1.54) is 12.1 Å². The molecule has 0 N–H and O–H groups in total. The van der Waals surface area contributed by atoms with Crippen LogP contribution in [0, 0.1) is 11.6 Å². The van der Waals surface area contributed by atoms with Crippen molar-refractivity contribution in [3.05, 3.63) is 35.4 Å². The Morgan fingerprint density at radius 1 is 1.36 bits per heavy atom. The van der Waals surface area contributed by atoms with Gasteiger partial charge in [0.1, 0.15) is 11.6 Å². The molecule has 2 unspecified atom stereocenters. The predicted octanol–water partition coefficient (Wildman–Crippen LogP) is 3.19. The fourth-order valence-corrected chi connectivity index (χ4v) is 2.06. The van der Waals surface area contributed by atoms with Gasteiger partial charge in [0.25, 0.3) is 0 Å². The van der Waals surface area contributed by atoms with Gasteiger partial charge in [-0.1, -0.05) is 22.0 Å². The Hall–Kier alpha value is -0.480. The molecule has 0 bridgehead atoms. The lowest BCUT2D eigenvalue weighted by molar-refractivity contribution is 0.109. The first-order valence-corrected chi connectivity index (χ1v) is 5.29. The highest BCUT2D eigenvalue weighted by atomic mass is 79.9. The topological polar surface area (TPSA) is 9.23 Å². The number of halogens is 3. The Labute approximate surface area is 89.2 Å². The van der Waals surface area contributed by atoms with Gasteiger partial charge in [0.2, 0.25) is 0 Å². The Morgan fingerprint density at radius 2 is 2.14 bits per heavy atom. The van der Waals surface area contributed by atoms with Gasteiger partial charge in [0, 0.05) is 16.5 Å². The van der Waals surface area contributed by atoms with Crippen LogP contribution in [0.3, 0.4) is 0 Å². The molecule has 1 aromatic rings. The Balaban J connectivity index is 2.24. The van der Waals surface area contributed by atoms with E-state index in [0.717, 1.165) is 12.5 Å². The normalized spacial score (nSPS) is 26.8. The van der Waals surface area contributed by atoms with Gasteiger partial charge in [-0.05, 0) is 12.5 Å². The summed E-state index contributed by atoms with van der Waals surface area (Å²) in [7, 11) is 0. The zero-order valence-corrected chi connectivity index (χ0v) is 8.93. The molecule has 2 atom stereocenters. The third kappa shape index (κ3) is 1.96. The minimum atomic E-state index is -0.556. The minimum absolute atomic E-state index is 0.250. The first kappa shape index (κ1) is 10.1. The van der Waals surface area contributed by atoms with E-state index >= 15 is 0 Å². The van der Waals surface area contributed by atoms with Gasteiger partial charge < -0.3 is 4.74 Å². The van der Waals surface area contributed by atoms with Crippen molar-refractivity contribution in [2.45, 2.75) is 17.4 Å². The highest BCUT2D eigenvalue weighted by molar-refractivity contribution is 9.09. The zero-order valence-electron chi connectivity index (χ0n) is 7.34. The van der Waals surface area contributed by atoms with Crippen LogP contribution >= 0.6 is 15.9 Å². The second kappa shape index (κ2) is 3.95. The van der Waals surface area contributed by atoms with Crippen molar-refractivity contribution in [2.24, 2.45) is 0 Å². The number of ether oxygens (including phenoxy) is 1. The molecule has 2 rings (SSSR count). The predicted molar refractivity (Wildman–Crippen MR) is 52.4 cm³/mol. The molecule has 0 aromatic heterocycles. The van der Waals surface area contributed by atoms with Crippen LogP contribution in [-0.2, 0) is 4.74 Å². The van der Waals surface area contributed by atoms with Crippen LogP contribution in [0.25, 0.3) is 0 Å². The molecule has 0 radical (unpaired) electrons. The summed E-state index contributed by atoms with van der Waals surface area (Å²) in [5.74, 6) is -1.09. The van der Waals surface area contributed by atoms with Gasteiger partial charge in [0.05, 0.1) is 12.7 Å². The standard InChI is InChI=1S/C10H9BrF2O/c11-6-3-10(14-5-6)8-2-1-7(12)4-9(8)13/h1-2,4,6,10H,3,5H2. The molecule has 76 valence electrons.